The third kappa shape index (κ3) is 3.26. The first-order valence-corrected chi connectivity index (χ1v) is 6.97. The van der Waals surface area contributed by atoms with Crippen molar-refractivity contribution in [2.75, 3.05) is 7.11 Å². The first kappa shape index (κ1) is 13.4. The molecule has 1 aromatic rings. The molecule has 0 aromatic heterocycles. The topological polar surface area (TPSA) is 29.5 Å². The van der Waals surface area contributed by atoms with Crippen molar-refractivity contribution in [3.63, 3.8) is 0 Å². The fourth-order valence-corrected chi connectivity index (χ4v) is 3.06. The molecular weight excluding hydrogens is 224 g/mol. The summed E-state index contributed by atoms with van der Waals surface area (Å²) in [5.74, 6) is 1.31. The standard InChI is InChI=1S/C16H24O2/c1-16(17,14-8-4-3-5-9-14)12-13-7-6-10-15(11-13)18-2/h6-7,10-11,14,17H,3-5,8-9,12H2,1-2H3. The van der Waals surface area contributed by atoms with Gasteiger partial charge >= 0.3 is 0 Å². The SMILES string of the molecule is COc1cccc(CC(C)(O)C2CCCCC2)c1. The van der Waals surface area contributed by atoms with Crippen LogP contribution < -0.4 is 4.74 Å². The fourth-order valence-electron chi connectivity index (χ4n) is 3.06. The van der Waals surface area contributed by atoms with Gasteiger partial charge in [-0.2, -0.15) is 0 Å². The van der Waals surface area contributed by atoms with Crippen molar-refractivity contribution in [1.29, 1.82) is 0 Å². The molecule has 2 heteroatoms. The first-order valence-electron chi connectivity index (χ1n) is 6.97. The number of hydrogen-bond donors (Lipinski definition) is 1. The van der Waals surface area contributed by atoms with E-state index in [4.69, 9.17) is 4.74 Å². The van der Waals surface area contributed by atoms with Crippen molar-refractivity contribution >= 4 is 0 Å². The van der Waals surface area contributed by atoms with E-state index in [0.717, 1.165) is 30.6 Å². The molecule has 2 nitrogen and oxygen atoms in total. The van der Waals surface area contributed by atoms with Crippen LogP contribution >= 0.6 is 0 Å². The lowest BCUT2D eigenvalue weighted by Crippen LogP contribution is -2.38. The molecular formula is C16H24O2. The van der Waals surface area contributed by atoms with Crippen molar-refractivity contribution in [3.05, 3.63) is 29.8 Å². The summed E-state index contributed by atoms with van der Waals surface area (Å²) < 4.78 is 5.23. The van der Waals surface area contributed by atoms with E-state index in [1.807, 2.05) is 25.1 Å². The Morgan fingerprint density at radius 2 is 2.00 bits per heavy atom. The third-order valence-electron chi connectivity index (χ3n) is 4.18. The van der Waals surface area contributed by atoms with Gasteiger partial charge in [-0.3, -0.25) is 0 Å². The molecule has 1 unspecified atom stereocenters. The van der Waals surface area contributed by atoms with Crippen molar-refractivity contribution in [2.45, 2.75) is 51.0 Å². The van der Waals surface area contributed by atoms with Gasteiger partial charge in [0.1, 0.15) is 5.75 Å². The lowest BCUT2D eigenvalue weighted by Gasteiger charge is -2.35. The minimum atomic E-state index is -0.590. The molecule has 2 rings (SSSR count). The summed E-state index contributed by atoms with van der Waals surface area (Å²) in [6.07, 6.45) is 6.90. The number of ether oxygens (including phenoxy) is 1. The summed E-state index contributed by atoms with van der Waals surface area (Å²) in [7, 11) is 1.68. The quantitative estimate of drug-likeness (QED) is 0.882. The number of methoxy groups -OCH3 is 1. The molecule has 1 saturated carbocycles. The van der Waals surface area contributed by atoms with Crippen LogP contribution in [-0.2, 0) is 6.42 Å². The van der Waals surface area contributed by atoms with E-state index in [1.165, 1.54) is 19.3 Å². The average molecular weight is 248 g/mol. The molecule has 1 atom stereocenters. The molecule has 0 spiro atoms. The van der Waals surface area contributed by atoms with E-state index in [9.17, 15) is 5.11 Å². The number of rotatable bonds is 4. The zero-order valence-electron chi connectivity index (χ0n) is 11.5. The number of aliphatic hydroxyl groups is 1. The highest BCUT2D eigenvalue weighted by molar-refractivity contribution is 5.29. The number of benzene rings is 1. The maximum absolute atomic E-state index is 10.7. The van der Waals surface area contributed by atoms with Gasteiger partial charge in [-0.1, -0.05) is 31.4 Å². The molecule has 18 heavy (non-hydrogen) atoms. The summed E-state index contributed by atoms with van der Waals surface area (Å²) >= 11 is 0. The van der Waals surface area contributed by atoms with Crippen LogP contribution in [0.25, 0.3) is 0 Å². The third-order valence-corrected chi connectivity index (χ3v) is 4.18. The van der Waals surface area contributed by atoms with E-state index in [0.29, 0.717) is 5.92 Å². The van der Waals surface area contributed by atoms with Crippen LogP contribution in [0, 0.1) is 5.92 Å². The summed E-state index contributed by atoms with van der Waals surface area (Å²) in [5.41, 5.74) is 0.567. The monoisotopic (exact) mass is 248 g/mol. The van der Waals surface area contributed by atoms with Crippen LogP contribution in [0.15, 0.2) is 24.3 Å². The Morgan fingerprint density at radius 3 is 2.67 bits per heavy atom. The van der Waals surface area contributed by atoms with Gasteiger partial charge in [0.15, 0.2) is 0 Å². The summed E-state index contributed by atoms with van der Waals surface area (Å²) in [4.78, 5) is 0. The van der Waals surface area contributed by atoms with Gasteiger partial charge in [-0.05, 0) is 43.4 Å². The van der Waals surface area contributed by atoms with Crippen molar-refractivity contribution in [1.82, 2.24) is 0 Å². The molecule has 0 radical (unpaired) electrons. The maximum atomic E-state index is 10.7. The predicted molar refractivity (Wildman–Crippen MR) is 73.9 cm³/mol. The Hall–Kier alpha value is -1.02. The lowest BCUT2D eigenvalue weighted by molar-refractivity contribution is -0.0159. The Morgan fingerprint density at radius 1 is 1.28 bits per heavy atom. The molecule has 100 valence electrons. The highest BCUT2D eigenvalue weighted by atomic mass is 16.5. The van der Waals surface area contributed by atoms with E-state index in [2.05, 4.69) is 6.07 Å². The van der Waals surface area contributed by atoms with Crippen LogP contribution in [-0.4, -0.2) is 17.8 Å². The zero-order valence-corrected chi connectivity index (χ0v) is 11.5. The molecule has 1 fully saturated rings. The van der Waals surface area contributed by atoms with E-state index in [1.54, 1.807) is 7.11 Å². The van der Waals surface area contributed by atoms with Gasteiger partial charge in [0.05, 0.1) is 12.7 Å². The molecule has 0 bridgehead atoms. The Bertz CT molecular complexity index is 378. The minimum Gasteiger partial charge on any atom is -0.497 e. The highest BCUT2D eigenvalue weighted by Gasteiger charge is 2.32. The highest BCUT2D eigenvalue weighted by Crippen LogP contribution is 2.34. The molecule has 0 aliphatic heterocycles. The molecule has 0 saturated heterocycles. The molecule has 1 aromatic carbocycles. The first-order chi connectivity index (χ1) is 8.62. The normalized spacial score (nSPS) is 20.4. The van der Waals surface area contributed by atoms with Crippen LogP contribution in [0.5, 0.6) is 5.75 Å². The van der Waals surface area contributed by atoms with E-state index in [-0.39, 0.29) is 0 Å². The molecule has 1 aliphatic rings. The summed E-state index contributed by atoms with van der Waals surface area (Å²) in [6.45, 7) is 1.99. The lowest BCUT2D eigenvalue weighted by atomic mass is 9.75. The van der Waals surface area contributed by atoms with Gasteiger partial charge in [0, 0.05) is 6.42 Å². The predicted octanol–water partition coefficient (Wildman–Crippen LogP) is 3.57. The number of hydrogen-bond acceptors (Lipinski definition) is 2. The van der Waals surface area contributed by atoms with Crippen LogP contribution in [0.3, 0.4) is 0 Å². The van der Waals surface area contributed by atoms with Crippen LogP contribution in [0.2, 0.25) is 0 Å². The minimum absolute atomic E-state index is 0.442. The van der Waals surface area contributed by atoms with Gasteiger partial charge in [-0.15, -0.1) is 0 Å². The smallest absolute Gasteiger partial charge is 0.119 e. The molecule has 1 N–H and O–H groups in total. The summed E-state index contributed by atoms with van der Waals surface area (Å²) in [5, 5.41) is 10.7. The maximum Gasteiger partial charge on any atom is 0.119 e. The second-order valence-electron chi connectivity index (χ2n) is 5.72. The van der Waals surface area contributed by atoms with Crippen LogP contribution in [0.4, 0.5) is 0 Å². The average Bonchev–Trinajstić information content (AvgIpc) is 2.39. The second-order valence-corrected chi connectivity index (χ2v) is 5.72. The van der Waals surface area contributed by atoms with Gasteiger partial charge < -0.3 is 9.84 Å². The molecule has 0 heterocycles. The van der Waals surface area contributed by atoms with Crippen LogP contribution in [0.1, 0.15) is 44.6 Å². The van der Waals surface area contributed by atoms with Gasteiger partial charge in [-0.25, -0.2) is 0 Å². The van der Waals surface area contributed by atoms with E-state index >= 15 is 0 Å². The van der Waals surface area contributed by atoms with Crippen molar-refractivity contribution in [2.24, 2.45) is 5.92 Å². The summed E-state index contributed by atoms with van der Waals surface area (Å²) in [6, 6.07) is 8.03. The Labute approximate surface area is 110 Å². The molecule has 1 aliphatic carbocycles. The zero-order chi connectivity index (χ0) is 13.0. The van der Waals surface area contributed by atoms with Gasteiger partial charge in [0.25, 0.3) is 0 Å². The van der Waals surface area contributed by atoms with Crippen molar-refractivity contribution in [3.8, 4) is 5.75 Å². The van der Waals surface area contributed by atoms with Crippen molar-refractivity contribution < 1.29 is 9.84 Å². The Kier molecular flexibility index (Phi) is 4.28. The van der Waals surface area contributed by atoms with Gasteiger partial charge in [0.2, 0.25) is 0 Å². The van der Waals surface area contributed by atoms with E-state index < -0.39 is 5.60 Å². The fraction of sp³-hybridized carbons (Fsp3) is 0.625. The second kappa shape index (κ2) is 5.75. The Balaban J connectivity index is 2.05. The molecule has 0 amide bonds. The largest absolute Gasteiger partial charge is 0.497 e.